The first-order chi connectivity index (χ1) is 14.3. The van der Waals surface area contributed by atoms with E-state index in [-0.39, 0.29) is 23.4 Å². The van der Waals surface area contributed by atoms with Crippen LogP contribution in [0.15, 0.2) is 24.3 Å². The molecule has 9 nitrogen and oxygen atoms in total. The van der Waals surface area contributed by atoms with E-state index in [9.17, 15) is 31.5 Å². The van der Waals surface area contributed by atoms with Crippen molar-refractivity contribution in [2.24, 2.45) is 0 Å². The SMILES string of the molecule is CCC(C)Nc1nc(Nc2ccc(N([O-])O)cc2)nc(OC(C(F)(F)F)C(F)(F)F)n1. The Labute approximate surface area is 171 Å². The molecule has 0 spiro atoms. The molecule has 1 unspecified atom stereocenters. The van der Waals surface area contributed by atoms with E-state index in [4.69, 9.17) is 5.21 Å². The summed E-state index contributed by atoms with van der Waals surface area (Å²) in [6, 6.07) is 3.48. The summed E-state index contributed by atoms with van der Waals surface area (Å²) in [6.07, 6.45) is -15.1. The summed E-state index contributed by atoms with van der Waals surface area (Å²) in [5, 5.41) is 24.5. The van der Waals surface area contributed by atoms with Crippen LogP contribution in [0.5, 0.6) is 6.01 Å². The van der Waals surface area contributed by atoms with Gasteiger partial charge in [0.1, 0.15) is 0 Å². The van der Waals surface area contributed by atoms with Crippen LogP contribution >= 0.6 is 0 Å². The van der Waals surface area contributed by atoms with E-state index in [1.165, 1.54) is 24.3 Å². The predicted molar refractivity (Wildman–Crippen MR) is 97.1 cm³/mol. The second-order valence-electron chi connectivity index (χ2n) is 6.24. The predicted octanol–water partition coefficient (Wildman–Crippen LogP) is 4.39. The number of ether oxygens (including phenoxy) is 1. The molecule has 1 aromatic heterocycles. The van der Waals surface area contributed by atoms with Gasteiger partial charge in [0.2, 0.25) is 11.9 Å². The summed E-state index contributed by atoms with van der Waals surface area (Å²) in [4.78, 5) is 10.9. The highest BCUT2D eigenvalue weighted by Crippen LogP contribution is 2.36. The molecule has 31 heavy (non-hydrogen) atoms. The van der Waals surface area contributed by atoms with Crippen LogP contribution in [0.1, 0.15) is 20.3 Å². The maximum absolute atomic E-state index is 12.8. The van der Waals surface area contributed by atoms with Gasteiger partial charge in [0.15, 0.2) is 0 Å². The van der Waals surface area contributed by atoms with Gasteiger partial charge in [0.25, 0.3) is 6.10 Å². The van der Waals surface area contributed by atoms with E-state index in [2.05, 4.69) is 30.3 Å². The third-order valence-electron chi connectivity index (χ3n) is 3.76. The first kappa shape index (κ1) is 24.2. The molecule has 1 aromatic carbocycles. The third kappa shape index (κ3) is 6.99. The van der Waals surface area contributed by atoms with Gasteiger partial charge >= 0.3 is 18.4 Å². The van der Waals surface area contributed by atoms with E-state index >= 15 is 0 Å². The Morgan fingerprint density at radius 3 is 2.06 bits per heavy atom. The molecule has 0 fully saturated rings. The fraction of sp³-hybridized carbons (Fsp3) is 0.438. The molecule has 1 heterocycles. The number of aromatic nitrogens is 3. The van der Waals surface area contributed by atoms with Crippen molar-refractivity contribution in [3.63, 3.8) is 0 Å². The fourth-order valence-corrected chi connectivity index (χ4v) is 2.08. The second kappa shape index (κ2) is 9.38. The lowest BCUT2D eigenvalue weighted by atomic mass is 10.3. The number of alkyl halides is 6. The van der Waals surface area contributed by atoms with Crippen molar-refractivity contribution in [3.8, 4) is 6.01 Å². The number of anilines is 4. The van der Waals surface area contributed by atoms with E-state index in [0.717, 1.165) is 0 Å². The van der Waals surface area contributed by atoms with Crippen molar-refractivity contribution >= 4 is 23.3 Å². The molecule has 1 atom stereocenters. The van der Waals surface area contributed by atoms with Crippen molar-refractivity contribution in [3.05, 3.63) is 29.5 Å². The number of nitrogens with one attached hydrogen (secondary N) is 2. The molecule has 2 aromatic rings. The number of halogens is 6. The van der Waals surface area contributed by atoms with Gasteiger partial charge in [-0.1, -0.05) is 6.92 Å². The van der Waals surface area contributed by atoms with Crippen LogP contribution in [0, 0.1) is 5.21 Å². The second-order valence-corrected chi connectivity index (χ2v) is 6.24. The van der Waals surface area contributed by atoms with E-state index in [0.29, 0.717) is 6.42 Å². The highest BCUT2D eigenvalue weighted by molar-refractivity contribution is 5.59. The van der Waals surface area contributed by atoms with Crippen molar-refractivity contribution in [1.82, 2.24) is 15.0 Å². The third-order valence-corrected chi connectivity index (χ3v) is 3.76. The zero-order valence-corrected chi connectivity index (χ0v) is 16.0. The number of hydrogen-bond acceptors (Lipinski definition) is 9. The van der Waals surface area contributed by atoms with Crippen LogP contribution in [0.4, 0.5) is 49.6 Å². The lowest BCUT2D eigenvalue weighted by Crippen LogP contribution is -2.47. The largest absolute Gasteiger partial charge is 0.733 e. The minimum Gasteiger partial charge on any atom is -0.733 e. The average Bonchev–Trinajstić information content (AvgIpc) is 2.64. The Bertz CT molecular complexity index is 848. The first-order valence-electron chi connectivity index (χ1n) is 8.65. The van der Waals surface area contributed by atoms with Crippen LogP contribution in [0.25, 0.3) is 0 Å². The fourth-order valence-electron chi connectivity index (χ4n) is 2.08. The normalized spacial score (nSPS) is 13.1. The Balaban J connectivity index is 2.38. The number of rotatable bonds is 8. The average molecular weight is 455 g/mol. The van der Waals surface area contributed by atoms with Crippen LogP contribution in [0.3, 0.4) is 0 Å². The molecule has 0 radical (unpaired) electrons. The molecule has 172 valence electrons. The molecule has 0 aliphatic carbocycles. The Kier molecular flexibility index (Phi) is 7.32. The lowest BCUT2D eigenvalue weighted by Gasteiger charge is -2.23. The van der Waals surface area contributed by atoms with Crippen LogP contribution in [-0.2, 0) is 0 Å². The zero-order valence-electron chi connectivity index (χ0n) is 16.0. The maximum Gasteiger partial charge on any atom is 0.434 e. The smallest absolute Gasteiger partial charge is 0.434 e. The monoisotopic (exact) mass is 455 g/mol. The molecule has 3 N–H and O–H groups in total. The molecule has 0 aliphatic heterocycles. The summed E-state index contributed by atoms with van der Waals surface area (Å²) in [7, 11) is 0. The van der Waals surface area contributed by atoms with Crippen molar-refractivity contribution in [2.75, 3.05) is 15.9 Å². The van der Waals surface area contributed by atoms with E-state index < -0.39 is 35.6 Å². The van der Waals surface area contributed by atoms with Gasteiger partial charge in [-0.2, -0.15) is 41.3 Å². The topological polar surface area (TPSA) is 118 Å². The molecule has 0 saturated carbocycles. The van der Waals surface area contributed by atoms with Gasteiger partial charge < -0.3 is 25.8 Å². The summed E-state index contributed by atoms with van der Waals surface area (Å²) in [5.74, 6) is -0.739. The summed E-state index contributed by atoms with van der Waals surface area (Å²) in [6.45, 7) is 3.47. The number of nitrogens with zero attached hydrogens (tertiary/aromatic N) is 4. The van der Waals surface area contributed by atoms with Crippen LogP contribution in [0.2, 0.25) is 0 Å². The summed E-state index contributed by atoms with van der Waals surface area (Å²) >= 11 is 0. The molecule has 2 rings (SSSR count). The molecule has 0 saturated heterocycles. The van der Waals surface area contributed by atoms with Gasteiger partial charge in [0, 0.05) is 11.7 Å². The summed E-state index contributed by atoms with van der Waals surface area (Å²) in [5.41, 5.74) is 0.0861. The molecule has 0 bridgehead atoms. The van der Waals surface area contributed by atoms with Crippen LogP contribution < -0.4 is 20.6 Å². The minimum absolute atomic E-state index is 0.123. The van der Waals surface area contributed by atoms with Crippen LogP contribution in [-0.4, -0.2) is 44.7 Å². The highest BCUT2D eigenvalue weighted by Gasteiger charge is 2.59. The number of benzene rings is 1. The van der Waals surface area contributed by atoms with Gasteiger partial charge in [-0.15, -0.1) is 0 Å². The lowest BCUT2D eigenvalue weighted by molar-refractivity contribution is -0.301. The Morgan fingerprint density at radius 1 is 1.03 bits per heavy atom. The molecular weight excluding hydrogens is 438 g/mol. The molecule has 15 heteroatoms. The van der Waals surface area contributed by atoms with E-state index in [1.807, 2.05) is 0 Å². The molecular formula is C16H17F6N6O3-. The van der Waals surface area contributed by atoms with Gasteiger partial charge in [-0.05, 0) is 37.6 Å². The molecule has 0 aliphatic rings. The van der Waals surface area contributed by atoms with E-state index in [1.54, 1.807) is 13.8 Å². The highest BCUT2D eigenvalue weighted by atomic mass is 19.4. The standard InChI is InChI=1S/C16H17F6N6O3/c1-3-8(2)23-12-25-13(24-9-4-6-10(7-5-9)28(29)30)27-14(26-12)31-11(15(17,18)19)16(20,21)22/h4-8,11,29H,3H2,1-2H3,(H2,23,24,25,26,27)/q-1. The number of hydrogen-bond donors (Lipinski definition) is 3. The minimum atomic E-state index is -5.76. The van der Waals surface area contributed by atoms with Crippen molar-refractivity contribution < 1.29 is 36.3 Å². The Morgan fingerprint density at radius 2 is 1.58 bits per heavy atom. The van der Waals surface area contributed by atoms with Gasteiger partial charge in [-0.3, -0.25) is 5.21 Å². The van der Waals surface area contributed by atoms with Gasteiger partial charge in [0.05, 0.1) is 5.69 Å². The first-order valence-corrected chi connectivity index (χ1v) is 8.65. The zero-order chi connectivity index (χ0) is 23.4. The summed E-state index contributed by atoms with van der Waals surface area (Å²) < 4.78 is 81.0. The molecule has 0 amide bonds. The Hall–Kier alpha value is -3.07. The quantitative estimate of drug-likeness (QED) is 0.393. The van der Waals surface area contributed by atoms with Crippen molar-refractivity contribution in [2.45, 2.75) is 44.8 Å². The maximum atomic E-state index is 12.8. The van der Waals surface area contributed by atoms with Gasteiger partial charge in [-0.25, -0.2) is 0 Å². The van der Waals surface area contributed by atoms with Crippen molar-refractivity contribution in [1.29, 1.82) is 0 Å².